The number of aromatic nitrogens is 2. The third-order valence-electron chi connectivity index (χ3n) is 4.92. The molecule has 162 valence electrons. The first-order valence-electron chi connectivity index (χ1n) is 9.65. The van der Waals surface area contributed by atoms with E-state index >= 15 is 0 Å². The van der Waals surface area contributed by atoms with Gasteiger partial charge in [0.1, 0.15) is 0 Å². The Kier molecular flexibility index (Phi) is 5.76. The molecule has 0 radical (unpaired) electrons. The second-order valence-electron chi connectivity index (χ2n) is 6.67. The molecule has 0 fully saturated rings. The summed E-state index contributed by atoms with van der Waals surface area (Å²) in [6, 6.07) is 11.8. The summed E-state index contributed by atoms with van der Waals surface area (Å²) >= 11 is 0.809. The smallest absolute Gasteiger partial charge is 0.248 e. The summed E-state index contributed by atoms with van der Waals surface area (Å²) in [5.74, 6) is -1.18. The minimum atomic E-state index is -0.596. The van der Waals surface area contributed by atoms with Gasteiger partial charge in [-0.05, 0) is 47.9 Å². The fourth-order valence-electron chi connectivity index (χ4n) is 3.69. The Bertz CT molecular complexity index is 1400. The van der Waals surface area contributed by atoms with Crippen LogP contribution >= 0.6 is 12.0 Å². The van der Waals surface area contributed by atoms with E-state index in [4.69, 9.17) is 26.7 Å². The lowest BCUT2D eigenvalue weighted by molar-refractivity contribution is -0.432. The summed E-state index contributed by atoms with van der Waals surface area (Å²) in [5, 5.41) is 13.4. The van der Waals surface area contributed by atoms with E-state index in [0.29, 0.717) is 49.4 Å². The third kappa shape index (κ3) is 3.55. The second-order valence-corrected chi connectivity index (χ2v) is 7.45. The molecule has 10 heteroatoms. The number of nitrogens with two attached hydrogens (primary N) is 2. The normalized spacial score (nSPS) is 11.2. The van der Waals surface area contributed by atoms with E-state index in [9.17, 15) is 9.59 Å². The Morgan fingerprint density at radius 3 is 1.97 bits per heavy atom. The fraction of sp³-hybridized carbons (Fsp3) is 0.0909. The first-order chi connectivity index (χ1) is 15.5. The first kappa shape index (κ1) is 21.7. The summed E-state index contributed by atoms with van der Waals surface area (Å²) < 4.78 is 4.46. The molecule has 0 saturated carbocycles. The minimum Gasteiger partial charge on any atom is -0.366 e. The molecule has 5 rings (SSSR count). The maximum Gasteiger partial charge on any atom is 0.248 e. The van der Waals surface area contributed by atoms with Gasteiger partial charge in [-0.1, -0.05) is 18.9 Å². The molecule has 0 spiro atoms. The molecule has 1 heterocycles. The number of carbonyl (C=O) groups is 2. The number of fused-ring (bicyclic) bond motifs is 4. The van der Waals surface area contributed by atoms with Gasteiger partial charge in [0, 0.05) is 32.5 Å². The van der Waals surface area contributed by atoms with Crippen LogP contribution < -0.4 is 11.5 Å². The molecule has 0 atom stereocenters. The van der Waals surface area contributed by atoms with Crippen molar-refractivity contribution >= 4 is 45.7 Å². The molecular formula is C22H18N4O5S. The highest BCUT2D eigenvalue weighted by Crippen LogP contribution is 2.47. The van der Waals surface area contributed by atoms with Crippen LogP contribution in [0.1, 0.15) is 34.6 Å². The van der Waals surface area contributed by atoms with Crippen LogP contribution in [-0.4, -0.2) is 27.0 Å². The molecule has 1 aliphatic carbocycles. The van der Waals surface area contributed by atoms with Gasteiger partial charge in [-0.2, -0.15) is 0 Å². The Morgan fingerprint density at radius 2 is 1.44 bits per heavy atom. The zero-order chi connectivity index (χ0) is 23.0. The molecule has 0 bridgehead atoms. The molecule has 0 unspecified atom stereocenters. The van der Waals surface area contributed by atoms with Gasteiger partial charge in [0.15, 0.2) is 0 Å². The van der Waals surface area contributed by atoms with Gasteiger partial charge in [-0.15, -0.1) is 4.33 Å². The first-order valence-corrected chi connectivity index (χ1v) is 10.4. The number of benzene rings is 3. The number of primary amides is 2. The topological polar surface area (TPSA) is 151 Å². The van der Waals surface area contributed by atoms with Crippen LogP contribution in [0, 0.1) is 0 Å². The molecule has 0 aliphatic heterocycles. The van der Waals surface area contributed by atoms with E-state index in [-0.39, 0.29) is 5.56 Å². The van der Waals surface area contributed by atoms with E-state index in [1.54, 1.807) is 42.5 Å². The zero-order valence-corrected chi connectivity index (χ0v) is 17.9. The van der Waals surface area contributed by atoms with Crippen molar-refractivity contribution in [1.29, 1.82) is 0 Å². The van der Waals surface area contributed by atoms with Crippen LogP contribution in [0.5, 0.6) is 0 Å². The van der Waals surface area contributed by atoms with Crippen LogP contribution in [-0.2, 0) is 9.37 Å². The fourth-order valence-corrected chi connectivity index (χ4v) is 4.08. The van der Waals surface area contributed by atoms with Gasteiger partial charge in [0.2, 0.25) is 11.8 Å². The van der Waals surface area contributed by atoms with Crippen molar-refractivity contribution in [2.45, 2.75) is 18.7 Å². The van der Waals surface area contributed by atoms with Gasteiger partial charge in [-0.25, -0.2) is 15.2 Å². The molecule has 1 aromatic heterocycles. The molecule has 32 heavy (non-hydrogen) atoms. The van der Waals surface area contributed by atoms with E-state index in [1.807, 2.05) is 13.8 Å². The minimum absolute atomic E-state index is 0.289. The number of hydrogen-bond donors (Lipinski definition) is 3. The summed E-state index contributed by atoms with van der Waals surface area (Å²) in [6.45, 7) is 4.00. The van der Waals surface area contributed by atoms with Crippen molar-refractivity contribution in [3.05, 3.63) is 53.6 Å². The van der Waals surface area contributed by atoms with Gasteiger partial charge < -0.3 is 11.5 Å². The van der Waals surface area contributed by atoms with E-state index in [0.717, 1.165) is 17.4 Å². The molecule has 1 aliphatic rings. The number of amides is 2. The van der Waals surface area contributed by atoms with E-state index < -0.39 is 11.8 Å². The number of rotatable bonds is 5. The Morgan fingerprint density at radius 1 is 0.875 bits per heavy atom. The molecule has 4 aromatic rings. The van der Waals surface area contributed by atoms with Crippen LogP contribution in [0.2, 0.25) is 0 Å². The summed E-state index contributed by atoms with van der Waals surface area (Å²) in [6.07, 6.45) is 0. The van der Waals surface area contributed by atoms with Crippen LogP contribution in [0.15, 0.2) is 47.4 Å². The summed E-state index contributed by atoms with van der Waals surface area (Å²) in [4.78, 5) is 33.8. The highest BCUT2D eigenvalue weighted by atomic mass is 32.2. The van der Waals surface area contributed by atoms with Crippen LogP contribution in [0.25, 0.3) is 44.3 Å². The van der Waals surface area contributed by atoms with Crippen molar-refractivity contribution in [3.8, 4) is 22.5 Å². The Labute approximate surface area is 186 Å². The van der Waals surface area contributed by atoms with E-state index in [2.05, 4.69) is 9.37 Å². The number of hydrogen-bond acceptors (Lipinski definition) is 8. The van der Waals surface area contributed by atoms with Crippen LogP contribution in [0.4, 0.5) is 0 Å². The molecule has 0 saturated heterocycles. The predicted octanol–water partition coefficient (Wildman–Crippen LogP) is 4.08. The van der Waals surface area contributed by atoms with Crippen molar-refractivity contribution < 1.29 is 24.2 Å². The lowest BCUT2D eigenvalue weighted by atomic mass is 9.98. The molecule has 5 N–H and O–H groups in total. The third-order valence-corrected chi connectivity index (χ3v) is 5.50. The number of carbonyl (C=O) groups excluding carboxylic acids is 2. The highest BCUT2D eigenvalue weighted by molar-refractivity contribution is 7.94. The SMILES string of the molecule is CC.NC(=O)c1cc2c3c(cc(C(N)=O)cc3c1)-c1nc3cc(SOOO)ccc3nc1-2. The summed E-state index contributed by atoms with van der Waals surface area (Å²) in [7, 11) is 0. The monoisotopic (exact) mass is 450 g/mol. The molecular weight excluding hydrogens is 432 g/mol. The van der Waals surface area contributed by atoms with Crippen LogP contribution in [0.3, 0.4) is 0 Å². The lowest BCUT2D eigenvalue weighted by Gasteiger charge is -2.06. The highest BCUT2D eigenvalue weighted by Gasteiger charge is 2.27. The van der Waals surface area contributed by atoms with E-state index in [1.165, 1.54) is 0 Å². The van der Waals surface area contributed by atoms with Gasteiger partial charge in [-0.3, -0.25) is 9.59 Å². The quantitative estimate of drug-likeness (QED) is 0.206. The van der Waals surface area contributed by atoms with Crippen molar-refractivity contribution in [2.75, 3.05) is 0 Å². The van der Waals surface area contributed by atoms with Crippen molar-refractivity contribution in [2.24, 2.45) is 11.5 Å². The Balaban J connectivity index is 0.00000119. The summed E-state index contributed by atoms with van der Waals surface area (Å²) in [5.41, 5.74) is 15.3. The zero-order valence-electron chi connectivity index (χ0n) is 17.1. The standard InChI is InChI=1S/C20H12N4O5S.C2H6/c21-19(25)9-3-8-4-10(20(22)26)6-13-16(8)12(5-9)17-18(13)24-15-7-11(30-29-28-27)1-2-14(15)23-17;1-2/h1-7,27H,(H2,21,25)(H2,22,26);1-2H3. The van der Waals surface area contributed by atoms with Crippen molar-refractivity contribution in [1.82, 2.24) is 9.97 Å². The molecule has 3 aromatic carbocycles. The average molecular weight is 450 g/mol. The predicted molar refractivity (Wildman–Crippen MR) is 121 cm³/mol. The van der Waals surface area contributed by atoms with Gasteiger partial charge >= 0.3 is 0 Å². The average Bonchev–Trinajstić information content (AvgIpc) is 3.10. The maximum atomic E-state index is 11.9. The second kappa shape index (κ2) is 8.52. The lowest BCUT2D eigenvalue weighted by Crippen LogP contribution is -2.12. The largest absolute Gasteiger partial charge is 0.366 e. The van der Waals surface area contributed by atoms with Gasteiger partial charge in [0.05, 0.1) is 34.5 Å². The van der Waals surface area contributed by atoms with Gasteiger partial charge in [0.25, 0.3) is 0 Å². The molecule has 2 amide bonds. The van der Waals surface area contributed by atoms with Crippen molar-refractivity contribution in [3.63, 3.8) is 0 Å². The number of nitrogens with zero attached hydrogens (tertiary/aromatic N) is 2. The Hall–Kier alpha value is -3.57. The molecule has 9 nitrogen and oxygen atoms in total. The maximum absolute atomic E-state index is 11.9.